The van der Waals surface area contributed by atoms with E-state index in [-0.39, 0.29) is 5.30 Å². The summed E-state index contributed by atoms with van der Waals surface area (Å²) in [5.41, 5.74) is 0. The van der Waals surface area contributed by atoms with Gasteiger partial charge in [0, 0.05) is 4.90 Å². The third kappa shape index (κ3) is 3.53. The van der Waals surface area contributed by atoms with Gasteiger partial charge in [0.1, 0.15) is 11.5 Å². The molecule has 0 fully saturated rings. The standard InChI is InChI=1S/C14H12O3S/c1-16-11-7-9-13(10-8-11)18-14(15)17-12-5-3-2-4-6-12/h2-10H,1H3. The van der Waals surface area contributed by atoms with E-state index in [9.17, 15) is 4.79 Å². The maximum absolute atomic E-state index is 11.6. The van der Waals surface area contributed by atoms with Gasteiger partial charge in [-0.05, 0) is 48.2 Å². The highest BCUT2D eigenvalue weighted by molar-refractivity contribution is 8.13. The van der Waals surface area contributed by atoms with Crippen molar-refractivity contribution in [2.45, 2.75) is 4.90 Å². The van der Waals surface area contributed by atoms with Crippen LogP contribution in [0.3, 0.4) is 0 Å². The van der Waals surface area contributed by atoms with Crippen LogP contribution in [0.1, 0.15) is 0 Å². The third-order valence-electron chi connectivity index (χ3n) is 2.21. The molecule has 0 aliphatic rings. The number of hydrogen-bond donors (Lipinski definition) is 0. The first-order valence-electron chi connectivity index (χ1n) is 5.37. The molecular formula is C14H12O3S. The summed E-state index contributed by atoms with van der Waals surface area (Å²) in [5, 5.41) is -0.355. The highest BCUT2D eigenvalue weighted by Gasteiger charge is 2.07. The molecule has 0 spiro atoms. The van der Waals surface area contributed by atoms with Crippen LogP contribution < -0.4 is 9.47 Å². The number of methoxy groups -OCH3 is 1. The number of hydrogen-bond acceptors (Lipinski definition) is 4. The quantitative estimate of drug-likeness (QED) is 0.617. The molecule has 0 N–H and O–H groups in total. The molecule has 18 heavy (non-hydrogen) atoms. The fourth-order valence-corrected chi connectivity index (χ4v) is 1.95. The molecule has 0 amide bonds. The van der Waals surface area contributed by atoms with Crippen molar-refractivity contribution >= 4 is 17.1 Å². The minimum absolute atomic E-state index is 0.355. The Labute approximate surface area is 110 Å². The number of carbonyl (C=O) groups is 1. The average molecular weight is 260 g/mol. The highest BCUT2D eigenvalue weighted by Crippen LogP contribution is 2.24. The lowest BCUT2D eigenvalue weighted by molar-refractivity contribution is 0.227. The Balaban J connectivity index is 1.94. The lowest BCUT2D eigenvalue weighted by atomic mass is 10.3. The number of para-hydroxylation sites is 1. The van der Waals surface area contributed by atoms with Crippen molar-refractivity contribution in [1.29, 1.82) is 0 Å². The fourth-order valence-electron chi connectivity index (χ4n) is 1.35. The van der Waals surface area contributed by atoms with Crippen LogP contribution >= 0.6 is 11.8 Å². The first-order chi connectivity index (χ1) is 8.78. The number of ether oxygens (including phenoxy) is 2. The molecule has 0 radical (unpaired) electrons. The van der Waals surface area contributed by atoms with Crippen LogP contribution in [-0.2, 0) is 0 Å². The van der Waals surface area contributed by atoms with Crippen LogP contribution in [0.2, 0.25) is 0 Å². The summed E-state index contributed by atoms with van der Waals surface area (Å²) < 4.78 is 10.2. The zero-order valence-electron chi connectivity index (χ0n) is 9.83. The molecule has 0 heterocycles. The summed E-state index contributed by atoms with van der Waals surface area (Å²) >= 11 is 1.04. The molecule has 0 aliphatic carbocycles. The largest absolute Gasteiger partial charge is 0.497 e. The molecule has 0 unspecified atom stereocenters. The first-order valence-corrected chi connectivity index (χ1v) is 6.18. The topological polar surface area (TPSA) is 35.5 Å². The van der Waals surface area contributed by atoms with Crippen LogP contribution in [-0.4, -0.2) is 12.4 Å². The fraction of sp³-hybridized carbons (Fsp3) is 0.0714. The van der Waals surface area contributed by atoms with Gasteiger partial charge in [-0.1, -0.05) is 18.2 Å². The van der Waals surface area contributed by atoms with E-state index in [1.165, 1.54) is 0 Å². The van der Waals surface area contributed by atoms with Crippen molar-refractivity contribution in [3.05, 3.63) is 54.6 Å². The minimum Gasteiger partial charge on any atom is -0.497 e. The normalized spacial score (nSPS) is 9.83. The van der Waals surface area contributed by atoms with E-state index in [1.54, 1.807) is 31.4 Å². The second-order valence-electron chi connectivity index (χ2n) is 3.44. The van der Waals surface area contributed by atoms with Crippen molar-refractivity contribution in [2.75, 3.05) is 7.11 Å². The van der Waals surface area contributed by atoms with E-state index in [4.69, 9.17) is 9.47 Å². The Kier molecular flexibility index (Phi) is 4.25. The van der Waals surface area contributed by atoms with Gasteiger partial charge in [-0.15, -0.1) is 0 Å². The van der Waals surface area contributed by atoms with E-state index >= 15 is 0 Å². The lowest BCUT2D eigenvalue weighted by Crippen LogP contribution is -1.99. The Hall–Kier alpha value is -1.94. The molecule has 0 aromatic heterocycles. The van der Waals surface area contributed by atoms with Crippen LogP contribution in [0.25, 0.3) is 0 Å². The maximum Gasteiger partial charge on any atom is 0.377 e. The van der Waals surface area contributed by atoms with Crippen LogP contribution in [0.5, 0.6) is 11.5 Å². The molecule has 0 saturated carbocycles. The zero-order chi connectivity index (χ0) is 12.8. The van der Waals surface area contributed by atoms with Crippen molar-refractivity contribution < 1.29 is 14.3 Å². The number of benzene rings is 2. The maximum atomic E-state index is 11.6. The van der Waals surface area contributed by atoms with Gasteiger partial charge in [0.05, 0.1) is 7.11 Å². The van der Waals surface area contributed by atoms with Crippen LogP contribution in [0.4, 0.5) is 4.79 Å². The second kappa shape index (κ2) is 6.12. The van der Waals surface area contributed by atoms with Crippen molar-refractivity contribution in [3.63, 3.8) is 0 Å². The summed E-state index contributed by atoms with van der Waals surface area (Å²) in [5.74, 6) is 1.30. The van der Waals surface area contributed by atoms with Crippen molar-refractivity contribution in [3.8, 4) is 11.5 Å². The third-order valence-corrected chi connectivity index (χ3v) is 2.96. The molecule has 4 heteroatoms. The van der Waals surface area contributed by atoms with Gasteiger partial charge in [0.2, 0.25) is 0 Å². The van der Waals surface area contributed by atoms with Gasteiger partial charge in [-0.3, -0.25) is 0 Å². The molecule has 0 aliphatic heterocycles. The van der Waals surface area contributed by atoms with E-state index in [1.807, 2.05) is 30.3 Å². The van der Waals surface area contributed by atoms with E-state index in [0.29, 0.717) is 5.75 Å². The van der Waals surface area contributed by atoms with Gasteiger partial charge < -0.3 is 9.47 Å². The monoisotopic (exact) mass is 260 g/mol. The molecular weight excluding hydrogens is 248 g/mol. The van der Waals surface area contributed by atoms with Gasteiger partial charge in [-0.25, -0.2) is 4.79 Å². The average Bonchev–Trinajstić information content (AvgIpc) is 2.40. The predicted octanol–water partition coefficient (Wildman–Crippen LogP) is 3.99. The van der Waals surface area contributed by atoms with E-state index < -0.39 is 0 Å². The summed E-state index contributed by atoms with van der Waals surface area (Å²) in [7, 11) is 1.60. The summed E-state index contributed by atoms with van der Waals surface area (Å²) in [4.78, 5) is 12.5. The molecule has 3 nitrogen and oxygen atoms in total. The summed E-state index contributed by atoms with van der Waals surface area (Å²) in [6.45, 7) is 0. The molecule has 2 rings (SSSR count). The van der Waals surface area contributed by atoms with Gasteiger partial charge in [0.25, 0.3) is 0 Å². The Bertz CT molecular complexity index is 508. The van der Waals surface area contributed by atoms with Crippen LogP contribution in [0, 0.1) is 0 Å². The Morgan fingerprint density at radius 2 is 1.61 bits per heavy atom. The molecule has 0 atom stereocenters. The Morgan fingerprint density at radius 3 is 2.22 bits per heavy atom. The van der Waals surface area contributed by atoms with Gasteiger partial charge >= 0.3 is 5.30 Å². The van der Waals surface area contributed by atoms with Crippen molar-refractivity contribution in [2.24, 2.45) is 0 Å². The van der Waals surface area contributed by atoms with Gasteiger partial charge in [-0.2, -0.15) is 0 Å². The number of thioether (sulfide) groups is 1. The van der Waals surface area contributed by atoms with Gasteiger partial charge in [0.15, 0.2) is 0 Å². The molecule has 0 saturated heterocycles. The van der Waals surface area contributed by atoms with Crippen LogP contribution in [0.15, 0.2) is 59.5 Å². The van der Waals surface area contributed by atoms with E-state index in [2.05, 4.69) is 0 Å². The molecule has 92 valence electrons. The lowest BCUT2D eigenvalue weighted by Gasteiger charge is -2.04. The molecule has 2 aromatic rings. The Morgan fingerprint density at radius 1 is 0.944 bits per heavy atom. The summed E-state index contributed by atoms with van der Waals surface area (Å²) in [6.07, 6.45) is 0. The minimum atomic E-state index is -0.355. The highest BCUT2D eigenvalue weighted by atomic mass is 32.2. The van der Waals surface area contributed by atoms with E-state index in [0.717, 1.165) is 22.4 Å². The predicted molar refractivity (Wildman–Crippen MR) is 71.3 cm³/mol. The number of rotatable bonds is 3. The SMILES string of the molecule is COc1ccc(SC(=O)Oc2ccccc2)cc1. The zero-order valence-corrected chi connectivity index (χ0v) is 10.6. The first kappa shape index (κ1) is 12.5. The second-order valence-corrected chi connectivity index (χ2v) is 4.45. The molecule has 2 aromatic carbocycles. The summed E-state index contributed by atoms with van der Waals surface area (Å²) in [6, 6.07) is 16.2. The smallest absolute Gasteiger partial charge is 0.377 e. The number of carbonyl (C=O) groups excluding carboxylic acids is 1. The van der Waals surface area contributed by atoms with Crippen molar-refractivity contribution in [1.82, 2.24) is 0 Å². The molecule has 0 bridgehead atoms.